The number of amides is 3. The first-order valence-corrected chi connectivity index (χ1v) is 11.7. The van der Waals surface area contributed by atoms with E-state index in [1.165, 1.54) is 19.3 Å². The van der Waals surface area contributed by atoms with Gasteiger partial charge in [0.25, 0.3) is 0 Å². The number of hydrogen-bond donors (Lipinski definition) is 1. The highest BCUT2D eigenvalue weighted by molar-refractivity contribution is 9.12. The highest BCUT2D eigenvalue weighted by atomic mass is 79.9. The highest BCUT2D eigenvalue weighted by Gasteiger charge is 2.58. The summed E-state index contributed by atoms with van der Waals surface area (Å²) in [7, 11) is 2.51. The molecule has 180 valence electrons. The SMILES string of the molecule is COC(=O)N1C(=O)[C@H]2[C@H](CC=C3[C@H](c4ccc(OC)c(O)c4)C4=C(C[C@H]32)C(=O)C(Br)=CC4=O)C1=O. The van der Waals surface area contributed by atoms with Gasteiger partial charge in [-0.25, -0.2) is 4.79 Å². The lowest BCUT2D eigenvalue weighted by Crippen LogP contribution is -2.40. The van der Waals surface area contributed by atoms with E-state index in [0.29, 0.717) is 16.0 Å². The number of hydrogen-bond acceptors (Lipinski definition) is 8. The summed E-state index contributed by atoms with van der Waals surface area (Å²) in [5.74, 6) is -4.88. The Kier molecular flexibility index (Phi) is 5.51. The third kappa shape index (κ3) is 3.30. The standard InChI is InChI=1S/C25H20BrNO8/c1-34-18-6-3-10(7-16(18)28)19-11-4-5-12-20(24(32)27(23(12)31)25(33)35-2)13(11)8-14-21(19)17(29)9-15(26)22(14)30/h3-4,6-7,9,12-13,19-20,28H,5,8H2,1-2H3/t12-,13+,19-,20-/m0/s1. The molecule has 3 aliphatic carbocycles. The first kappa shape index (κ1) is 23.2. The van der Waals surface area contributed by atoms with Gasteiger partial charge in [-0.2, -0.15) is 4.90 Å². The van der Waals surface area contributed by atoms with Crippen LogP contribution in [-0.4, -0.2) is 53.7 Å². The van der Waals surface area contributed by atoms with Crippen LogP contribution in [0.15, 0.2) is 51.6 Å². The molecule has 35 heavy (non-hydrogen) atoms. The summed E-state index contributed by atoms with van der Waals surface area (Å²) in [6.45, 7) is 0. The number of methoxy groups -OCH3 is 2. The van der Waals surface area contributed by atoms with Gasteiger partial charge < -0.3 is 14.6 Å². The van der Waals surface area contributed by atoms with Crippen LogP contribution in [0.25, 0.3) is 0 Å². The van der Waals surface area contributed by atoms with Crippen molar-refractivity contribution in [1.82, 2.24) is 4.90 Å². The molecule has 0 bridgehead atoms. The van der Waals surface area contributed by atoms with E-state index in [1.807, 2.05) is 6.08 Å². The second kappa shape index (κ2) is 8.30. The number of Topliss-reactive ketones (excluding diaryl/α,β-unsaturated/α-hetero) is 1. The average molecular weight is 542 g/mol. The van der Waals surface area contributed by atoms with E-state index in [4.69, 9.17) is 4.74 Å². The minimum absolute atomic E-state index is 0.0719. The molecule has 4 aliphatic rings. The van der Waals surface area contributed by atoms with Gasteiger partial charge in [0.2, 0.25) is 11.8 Å². The van der Waals surface area contributed by atoms with Crippen molar-refractivity contribution < 1.29 is 38.6 Å². The van der Waals surface area contributed by atoms with E-state index in [0.717, 1.165) is 7.11 Å². The Morgan fingerprint density at radius 3 is 2.51 bits per heavy atom. The molecular weight excluding hydrogens is 522 g/mol. The van der Waals surface area contributed by atoms with Crippen LogP contribution in [0.3, 0.4) is 0 Å². The quantitative estimate of drug-likeness (QED) is 0.344. The molecule has 1 aromatic rings. The van der Waals surface area contributed by atoms with E-state index in [2.05, 4.69) is 20.7 Å². The molecule has 0 unspecified atom stereocenters. The second-order valence-electron chi connectivity index (χ2n) is 8.81. The van der Waals surface area contributed by atoms with Crippen molar-refractivity contribution >= 4 is 45.4 Å². The summed E-state index contributed by atoms with van der Waals surface area (Å²) >= 11 is 3.16. The molecular formula is C25H20BrNO8. The van der Waals surface area contributed by atoms with Gasteiger partial charge in [0.15, 0.2) is 23.1 Å². The third-order valence-corrected chi connectivity index (χ3v) is 7.81. The van der Waals surface area contributed by atoms with Crippen LogP contribution in [0.4, 0.5) is 4.79 Å². The summed E-state index contributed by atoms with van der Waals surface area (Å²) in [5, 5.41) is 10.4. The Morgan fingerprint density at radius 2 is 1.86 bits per heavy atom. The van der Waals surface area contributed by atoms with Crippen LogP contribution >= 0.6 is 15.9 Å². The maximum Gasteiger partial charge on any atom is 0.423 e. The van der Waals surface area contributed by atoms with Crippen LogP contribution in [0.2, 0.25) is 0 Å². The van der Waals surface area contributed by atoms with Crippen molar-refractivity contribution in [3.63, 3.8) is 0 Å². The molecule has 1 fully saturated rings. The van der Waals surface area contributed by atoms with E-state index < -0.39 is 41.6 Å². The van der Waals surface area contributed by atoms with Gasteiger partial charge in [0.1, 0.15) is 0 Å². The van der Waals surface area contributed by atoms with Gasteiger partial charge in [-0.1, -0.05) is 17.7 Å². The number of carbonyl (C=O) groups is 5. The van der Waals surface area contributed by atoms with Crippen molar-refractivity contribution in [3.8, 4) is 11.5 Å². The summed E-state index contributed by atoms with van der Waals surface area (Å²) < 4.78 is 9.89. The Balaban J connectivity index is 1.68. The zero-order valence-electron chi connectivity index (χ0n) is 18.7. The normalized spacial score (nSPS) is 27.7. The minimum Gasteiger partial charge on any atom is -0.504 e. The Morgan fingerprint density at radius 1 is 1.11 bits per heavy atom. The molecule has 1 saturated heterocycles. The van der Waals surface area contributed by atoms with Crippen LogP contribution in [0, 0.1) is 17.8 Å². The van der Waals surface area contributed by atoms with Gasteiger partial charge >= 0.3 is 6.09 Å². The zero-order chi connectivity index (χ0) is 25.2. The predicted octanol–water partition coefficient (Wildman–Crippen LogP) is 2.93. The number of ketones is 2. The first-order valence-electron chi connectivity index (χ1n) is 10.9. The lowest BCUT2D eigenvalue weighted by molar-refractivity contribution is -0.137. The van der Waals surface area contributed by atoms with Crippen molar-refractivity contribution in [2.75, 3.05) is 14.2 Å². The monoisotopic (exact) mass is 541 g/mol. The topological polar surface area (TPSA) is 127 Å². The number of carbonyl (C=O) groups excluding carboxylic acids is 5. The number of aromatic hydroxyl groups is 1. The molecule has 3 amide bonds. The van der Waals surface area contributed by atoms with Gasteiger partial charge in [0, 0.05) is 23.1 Å². The molecule has 0 spiro atoms. The molecule has 5 rings (SSSR count). The molecule has 1 heterocycles. The number of likely N-dealkylation sites (tertiary alicyclic amines) is 1. The van der Waals surface area contributed by atoms with E-state index in [-0.39, 0.29) is 51.5 Å². The van der Waals surface area contributed by atoms with Crippen molar-refractivity contribution in [3.05, 3.63) is 57.1 Å². The van der Waals surface area contributed by atoms with Gasteiger partial charge in [0.05, 0.1) is 30.5 Å². The Labute approximate surface area is 208 Å². The summed E-state index contributed by atoms with van der Waals surface area (Å²) in [5.41, 5.74) is 1.78. The molecule has 0 radical (unpaired) electrons. The number of benzene rings is 1. The fourth-order valence-electron chi connectivity index (χ4n) is 5.74. The number of allylic oxidation sites excluding steroid dienone is 6. The zero-order valence-corrected chi connectivity index (χ0v) is 20.3. The molecule has 0 aromatic heterocycles. The lowest BCUT2D eigenvalue weighted by Gasteiger charge is -2.42. The second-order valence-corrected chi connectivity index (χ2v) is 9.66. The predicted molar refractivity (Wildman–Crippen MR) is 123 cm³/mol. The lowest BCUT2D eigenvalue weighted by atomic mass is 9.59. The van der Waals surface area contributed by atoms with Crippen LogP contribution < -0.4 is 4.74 Å². The van der Waals surface area contributed by atoms with Crippen molar-refractivity contribution in [2.24, 2.45) is 17.8 Å². The average Bonchev–Trinajstić information content (AvgIpc) is 3.10. The summed E-state index contributed by atoms with van der Waals surface area (Å²) in [6.07, 6.45) is 2.27. The molecule has 10 heteroatoms. The van der Waals surface area contributed by atoms with E-state index in [9.17, 15) is 29.1 Å². The minimum atomic E-state index is -1.04. The Hall–Kier alpha value is -3.53. The molecule has 1 aromatic carbocycles. The van der Waals surface area contributed by atoms with Crippen LogP contribution in [-0.2, 0) is 23.9 Å². The summed E-state index contributed by atoms with van der Waals surface area (Å²) in [6, 6.07) is 4.72. The van der Waals surface area contributed by atoms with E-state index >= 15 is 0 Å². The van der Waals surface area contributed by atoms with Gasteiger partial charge in [-0.3, -0.25) is 19.2 Å². The van der Waals surface area contributed by atoms with Crippen molar-refractivity contribution in [2.45, 2.75) is 18.8 Å². The van der Waals surface area contributed by atoms with E-state index in [1.54, 1.807) is 12.1 Å². The largest absolute Gasteiger partial charge is 0.504 e. The first-order chi connectivity index (χ1) is 16.7. The molecule has 9 nitrogen and oxygen atoms in total. The maximum absolute atomic E-state index is 13.3. The number of imide groups is 3. The van der Waals surface area contributed by atoms with Crippen LogP contribution in [0.5, 0.6) is 11.5 Å². The maximum atomic E-state index is 13.3. The number of rotatable bonds is 2. The van der Waals surface area contributed by atoms with Gasteiger partial charge in [-0.05, 0) is 52.4 Å². The fraction of sp³-hybridized carbons (Fsp3) is 0.320. The highest BCUT2D eigenvalue weighted by Crippen LogP contribution is 2.55. The number of ether oxygens (including phenoxy) is 2. The van der Waals surface area contributed by atoms with Crippen molar-refractivity contribution in [1.29, 1.82) is 0 Å². The number of phenols is 1. The Bertz CT molecular complexity index is 1320. The number of fused-ring (bicyclic) bond motifs is 3. The third-order valence-electron chi connectivity index (χ3n) is 7.22. The molecule has 4 atom stereocenters. The number of halogens is 1. The fourth-order valence-corrected chi connectivity index (χ4v) is 6.19. The van der Waals surface area contributed by atoms with Gasteiger partial charge in [-0.15, -0.1) is 0 Å². The molecule has 0 saturated carbocycles. The van der Waals surface area contributed by atoms with Crippen LogP contribution in [0.1, 0.15) is 24.3 Å². The summed E-state index contributed by atoms with van der Waals surface area (Å²) in [4.78, 5) is 65.2. The smallest absolute Gasteiger partial charge is 0.423 e. The number of phenolic OH excluding ortho intramolecular Hbond substituents is 1. The molecule has 1 N–H and O–H groups in total. The number of nitrogens with zero attached hydrogens (tertiary/aromatic N) is 1. The molecule has 1 aliphatic heterocycles.